The summed E-state index contributed by atoms with van der Waals surface area (Å²) in [4.78, 5) is 24.4. The highest BCUT2D eigenvalue weighted by Crippen LogP contribution is 2.22. The predicted octanol–water partition coefficient (Wildman–Crippen LogP) is 3.36. The van der Waals surface area contributed by atoms with E-state index in [-0.39, 0.29) is 12.1 Å². The van der Waals surface area contributed by atoms with Crippen molar-refractivity contribution in [2.75, 3.05) is 25.0 Å². The molecule has 2 heterocycles. The fourth-order valence-electron chi connectivity index (χ4n) is 2.69. The van der Waals surface area contributed by atoms with Gasteiger partial charge in [-0.15, -0.1) is 0 Å². The van der Waals surface area contributed by atoms with Crippen LogP contribution < -0.4 is 4.90 Å². The van der Waals surface area contributed by atoms with E-state index in [1.165, 1.54) is 6.33 Å². The van der Waals surface area contributed by atoms with E-state index in [9.17, 15) is 4.79 Å². The zero-order chi connectivity index (χ0) is 17.0. The van der Waals surface area contributed by atoms with Gasteiger partial charge >= 0.3 is 6.09 Å². The summed E-state index contributed by atoms with van der Waals surface area (Å²) in [6, 6.07) is 1.83. The molecule has 1 aliphatic rings. The molecule has 0 bridgehead atoms. The highest BCUT2D eigenvalue weighted by atomic mass is 35.5. The minimum atomic E-state index is -0.481. The zero-order valence-corrected chi connectivity index (χ0v) is 15.0. The van der Waals surface area contributed by atoms with Crippen molar-refractivity contribution in [2.24, 2.45) is 0 Å². The molecule has 1 atom stereocenters. The van der Waals surface area contributed by atoms with Crippen LogP contribution in [0.5, 0.6) is 0 Å². The summed E-state index contributed by atoms with van der Waals surface area (Å²) in [6.07, 6.45) is 4.29. The number of carbonyl (C=O) groups is 1. The van der Waals surface area contributed by atoms with Crippen molar-refractivity contribution in [3.05, 3.63) is 17.5 Å². The van der Waals surface area contributed by atoms with Crippen molar-refractivity contribution in [3.63, 3.8) is 0 Å². The second-order valence-corrected chi connectivity index (χ2v) is 7.29. The summed E-state index contributed by atoms with van der Waals surface area (Å²) >= 11 is 5.92. The minimum absolute atomic E-state index is 0.109. The number of halogens is 1. The van der Waals surface area contributed by atoms with Crippen molar-refractivity contribution >= 4 is 23.5 Å². The van der Waals surface area contributed by atoms with Crippen LogP contribution in [0.15, 0.2) is 12.4 Å². The van der Waals surface area contributed by atoms with Gasteiger partial charge in [-0.25, -0.2) is 14.8 Å². The van der Waals surface area contributed by atoms with E-state index >= 15 is 0 Å². The molecule has 0 spiro atoms. The molecule has 0 radical (unpaired) electrons. The lowest BCUT2D eigenvalue weighted by Crippen LogP contribution is -2.50. The Bertz CT molecular complexity index is 547. The number of hydrogen-bond acceptors (Lipinski definition) is 5. The highest BCUT2D eigenvalue weighted by Gasteiger charge is 2.31. The number of piperidine rings is 1. The average molecular weight is 341 g/mol. The molecular formula is C16H25ClN4O2. The summed E-state index contributed by atoms with van der Waals surface area (Å²) in [5.41, 5.74) is -0.481. The Morgan fingerprint density at radius 3 is 2.83 bits per heavy atom. The van der Waals surface area contributed by atoms with Crippen LogP contribution in [0.2, 0.25) is 5.15 Å². The standard InChI is InChI=1S/C16H25ClN4O2/c1-16(2,3)23-15(22)21-8-6-5-7-12(21)10-20(4)14-9-13(17)18-11-19-14/h9,11-12H,5-8,10H2,1-4H3. The third-order valence-electron chi connectivity index (χ3n) is 3.75. The van der Waals surface area contributed by atoms with Gasteiger partial charge in [0.1, 0.15) is 22.9 Å². The second-order valence-electron chi connectivity index (χ2n) is 6.90. The largest absolute Gasteiger partial charge is 0.444 e. The van der Waals surface area contributed by atoms with E-state index < -0.39 is 5.60 Å². The molecular weight excluding hydrogens is 316 g/mol. The summed E-state index contributed by atoms with van der Waals surface area (Å²) in [7, 11) is 1.94. The van der Waals surface area contributed by atoms with Crippen LogP contribution in [0.4, 0.5) is 10.6 Å². The van der Waals surface area contributed by atoms with Crippen molar-refractivity contribution < 1.29 is 9.53 Å². The van der Waals surface area contributed by atoms with Gasteiger partial charge in [-0.1, -0.05) is 11.6 Å². The maximum absolute atomic E-state index is 12.4. The maximum Gasteiger partial charge on any atom is 0.410 e. The van der Waals surface area contributed by atoms with Crippen molar-refractivity contribution in [2.45, 2.75) is 51.7 Å². The second kappa shape index (κ2) is 7.34. The Balaban J connectivity index is 2.05. The molecule has 1 unspecified atom stereocenters. The predicted molar refractivity (Wildman–Crippen MR) is 90.9 cm³/mol. The molecule has 0 aliphatic carbocycles. The molecule has 0 aromatic carbocycles. The number of ether oxygens (including phenoxy) is 1. The van der Waals surface area contributed by atoms with Crippen molar-refractivity contribution in [1.29, 1.82) is 0 Å². The van der Waals surface area contributed by atoms with Gasteiger partial charge in [-0.05, 0) is 40.0 Å². The number of rotatable bonds is 3. The number of anilines is 1. The van der Waals surface area contributed by atoms with E-state index in [0.29, 0.717) is 11.7 Å². The molecule has 0 saturated carbocycles. The molecule has 0 N–H and O–H groups in total. The molecule has 1 aliphatic heterocycles. The van der Waals surface area contributed by atoms with Crippen LogP contribution in [0, 0.1) is 0 Å². The number of amides is 1. The molecule has 1 saturated heterocycles. The Kier molecular flexibility index (Phi) is 5.68. The fraction of sp³-hybridized carbons (Fsp3) is 0.688. The third-order valence-corrected chi connectivity index (χ3v) is 3.96. The van der Waals surface area contributed by atoms with E-state index in [2.05, 4.69) is 9.97 Å². The molecule has 1 aromatic rings. The smallest absolute Gasteiger partial charge is 0.410 e. The third kappa shape index (κ3) is 5.23. The lowest BCUT2D eigenvalue weighted by Gasteiger charge is -2.38. The van der Waals surface area contributed by atoms with Crippen molar-refractivity contribution in [1.82, 2.24) is 14.9 Å². The van der Waals surface area contributed by atoms with Gasteiger partial charge in [0.2, 0.25) is 0 Å². The quantitative estimate of drug-likeness (QED) is 0.790. The molecule has 6 nitrogen and oxygen atoms in total. The van der Waals surface area contributed by atoms with Crippen LogP contribution in [0.1, 0.15) is 40.0 Å². The van der Waals surface area contributed by atoms with E-state index in [0.717, 1.165) is 31.6 Å². The zero-order valence-electron chi connectivity index (χ0n) is 14.3. The highest BCUT2D eigenvalue weighted by molar-refractivity contribution is 6.29. The van der Waals surface area contributed by atoms with E-state index in [1.54, 1.807) is 6.07 Å². The monoisotopic (exact) mass is 340 g/mol. The first-order valence-corrected chi connectivity index (χ1v) is 8.32. The van der Waals surface area contributed by atoms with Gasteiger partial charge in [0.15, 0.2) is 0 Å². The number of likely N-dealkylation sites (tertiary alicyclic amines) is 1. The molecule has 1 aromatic heterocycles. The van der Waals surface area contributed by atoms with Crippen LogP contribution in [0.25, 0.3) is 0 Å². The molecule has 128 valence electrons. The fourth-order valence-corrected chi connectivity index (χ4v) is 2.84. The number of hydrogen-bond donors (Lipinski definition) is 0. The molecule has 23 heavy (non-hydrogen) atoms. The molecule has 1 fully saturated rings. The number of aromatic nitrogens is 2. The van der Waals surface area contributed by atoms with Crippen molar-refractivity contribution in [3.8, 4) is 0 Å². The average Bonchev–Trinajstić information content (AvgIpc) is 2.46. The summed E-state index contributed by atoms with van der Waals surface area (Å²) in [6.45, 7) is 7.08. The number of likely N-dealkylation sites (N-methyl/N-ethyl adjacent to an activating group) is 1. The molecule has 2 rings (SSSR count). The first kappa shape index (κ1) is 17.8. The van der Waals surface area contributed by atoms with Gasteiger partial charge in [0.25, 0.3) is 0 Å². The normalized spacial score (nSPS) is 18.7. The van der Waals surface area contributed by atoms with Gasteiger partial charge in [0.05, 0.1) is 6.04 Å². The van der Waals surface area contributed by atoms with Gasteiger partial charge < -0.3 is 14.5 Å². The topological polar surface area (TPSA) is 58.6 Å². The summed E-state index contributed by atoms with van der Waals surface area (Å²) < 4.78 is 5.54. The Morgan fingerprint density at radius 2 is 2.17 bits per heavy atom. The van der Waals surface area contributed by atoms with E-state index in [1.807, 2.05) is 37.6 Å². The summed E-state index contributed by atoms with van der Waals surface area (Å²) in [5.74, 6) is 0.750. The number of nitrogens with zero attached hydrogens (tertiary/aromatic N) is 4. The maximum atomic E-state index is 12.4. The summed E-state index contributed by atoms with van der Waals surface area (Å²) in [5, 5.41) is 0.412. The Morgan fingerprint density at radius 1 is 1.43 bits per heavy atom. The van der Waals surface area contributed by atoms with Crippen LogP contribution in [0.3, 0.4) is 0 Å². The SMILES string of the molecule is CN(CC1CCCCN1C(=O)OC(C)(C)C)c1cc(Cl)ncn1. The van der Waals surface area contributed by atoms with E-state index in [4.69, 9.17) is 16.3 Å². The van der Waals surface area contributed by atoms with Crippen LogP contribution in [-0.2, 0) is 4.74 Å². The Labute approximate surface area is 142 Å². The number of carbonyl (C=O) groups excluding carboxylic acids is 1. The molecule has 7 heteroatoms. The Hall–Kier alpha value is -1.56. The first-order valence-electron chi connectivity index (χ1n) is 7.94. The molecule has 1 amide bonds. The van der Waals surface area contributed by atoms with Crippen LogP contribution >= 0.6 is 11.6 Å². The lowest BCUT2D eigenvalue weighted by molar-refractivity contribution is 0.0108. The van der Waals surface area contributed by atoms with Crippen LogP contribution in [-0.4, -0.2) is 52.7 Å². The van der Waals surface area contributed by atoms with Gasteiger partial charge in [-0.3, -0.25) is 0 Å². The van der Waals surface area contributed by atoms with Gasteiger partial charge in [0, 0.05) is 26.2 Å². The van der Waals surface area contributed by atoms with Gasteiger partial charge in [-0.2, -0.15) is 0 Å². The minimum Gasteiger partial charge on any atom is -0.444 e. The first-order chi connectivity index (χ1) is 10.8. The lowest BCUT2D eigenvalue weighted by atomic mass is 10.0.